The SMILES string of the molecule is CN(C)c1cccc(S(C)(=O)=O)c1N. The largest absolute Gasteiger partial charge is 0.396 e. The van der Waals surface area contributed by atoms with Gasteiger partial charge in [-0.25, -0.2) is 8.42 Å². The van der Waals surface area contributed by atoms with Crippen molar-refractivity contribution < 1.29 is 8.42 Å². The van der Waals surface area contributed by atoms with Crippen molar-refractivity contribution in [2.45, 2.75) is 4.90 Å². The maximum absolute atomic E-state index is 11.3. The lowest BCUT2D eigenvalue weighted by Crippen LogP contribution is -2.13. The average molecular weight is 214 g/mol. The molecule has 1 aromatic carbocycles. The Hall–Kier alpha value is -1.23. The van der Waals surface area contributed by atoms with Gasteiger partial charge >= 0.3 is 0 Å². The van der Waals surface area contributed by atoms with Crippen molar-refractivity contribution in [2.24, 2.45) is 0 Å². The standard InChI is InChI=1S/C9H14N2O2S/c1-11(2)7-5-4-6-8(9(7)10)14(3,12)13/h4-6H,10H2,1-3H3. The van der Waals surface area contributed by atoms with E-state index in [-0.39, 0.29) is 4.90 Å². The molecule has 1 aromatic rings. The zero-order chi connectivity index (χ0) is 10.9. The molecule has 4 nitrogen and oxygen atoms in total. The third-order valence-electron chi connectivity index (χ3n) is 1.92. The molecule has 0 aliphatic carbocycles. The molecule has 0 fully saturated rings. The molecule has 0 spiro atoms. The topological polar surface area (TPSA) is 63.4 Å². The summed E-state index contributed by atoms with van der Waals surface area (Å²) in [4.78, 5) is 1.97. The molecule has 0 bridgehead atoms. The van der Waals surface area contributed by atoms with Gasteiger partial charge in [0.1, 0.15) is 0 Å². The zero-order valence-corrected chi connectivity index (χ0v) is 9.30. The monoisotopic (exact) mass is 214 g/mol. The maximum atomic E-state index is 11.3. The van der Waals surface area contributed by atoms with E-state index >= 15 is 0 Å². The van der Waals surface area contributed by atoms with Crippen LogP contribution >= 0.6 is 0 Å². The number of sulfone groups is 1. The van der Waals surface area contributed by atoms with Gasteiger partial charge in [-0.05, 0) is 12.1 Å². The quantitative estimate of drug-likeness (QED) is 0.737. The van der Waals surface area contributed by atoms with E-state index in [0.29, 0.717) is 11.4 Å². The van der Waals surface area contributed by atoms with Gasteiger partial charge in [0, 0.05) is 20.4 Å². The van der Waals surface area contributed by atoms with Crippen LogP contribution in [0.5, 0.6) is 0 Å². The van der Waals surface area contributed by atoms with Crippen LogP contribution in [0.25, 0.3) is 0 Å². The summed E-state index contributed by atoms with van der Waals surface area (Å²) >= 11 is 0. The summed E-state index contributed by atoms with van der Waals surface area (Å²) in [6.45, 7) is 0. The summed E-state index contributed by atoms with van der Waals surface area (Å²) in [7, 11) is 0.393. The first-order chi connectivity index (χ1) is 6.34. The van der Waals surface area contributed by atoms with Crippen molar-refractivity contribution in [1.29, 1.82) is 0 Å². The van der Waals surface area contributed by atoms with Crippen LogP contribution in [0.4, 0.5) is 11.4 Å². The van der Waals surface area contributed by atoms with Gasteiger partial charge in [0.2, 0.25) is 0 Å². The number of nitrogens with two attached hydrogens (primary N) is 1. The van der Waals surface area contributed by atoms with E-state index in [4.69, 9.17) is 5.73 Å². The highest BCUT2D eigenvalue weighted by atomic mass is 32.2. The van der Waals surface area contributed by atoms with Gasteiger partial charge in [0.15, 0.2) is 9.84 Å². The van der Waals surface area contributed by atoms with Crippen molar-refractivity contribution in [3.8, 4) is 0 Å². The predicted molar refractivity (Wildman–Crippen MR) is 58.3 cm³/mol. The molecule has 14 heavy (non-hydrogen) atoms. The Bertz CT molecular complexity index is 438. The number of anilines is 2. The first-order valence-electron chi connectivity index (χ1n) is 4.10. The molecule has 0 amide bonds. The molecule has 0 atom stereocenters. The number of rotatable bonds is 2. The first kappa shape index (κ1) is 10.8. The fraction of sp³-hybridized carbons (Fsp3) is 0.333. The molecule has 0 saturated heterocycles. The van der Waals surface area contributed by atoms with Gasteiger partial charge in [-0.3, -0.25) is 0 Å². The highest BCUT2D eigenvalue weighted by Gasteiger charge is 2.14. The minimum atomic E-state index is -3.24. The molecule has 0 aliphatic rings. The van der Waals surface area contributed by atoms with Gasteiger partial charge in [0.25, 0.3) is 0 Å². The molecule has 0 saturated carbocycles. The molecule has 0 aromatic heterocycles. The lowest BCUT2D eigenvalue weighted by molar-refractivity contribution is 0.602. The summed E-state index contributed by atoms with van der Waals surface area (Å²) in [5, 5.41) is 0. The Labute approximate surface area is 84.3 Å². The van der Waals surface area contributed by atoms with E-state index in [1.807, 2.05) is 14.1 Å². The van der Waals surface area contributed by atoms with Crippen molar-refractivity contribution in [1.82, 2.24) is 0 Å². The molecule has 2 N–H and O–H groups in total. The minimum Gasteiger partial charge on any atom is -0.396 e. The third kappa shape index (κ3) is 1.98. The number of nitrogen functional groups attached to an aromatic ring is 1. The van der Waals surface area contributed by atoms with Gasteiger partial charge in [0.05, 0.1) is 16.3 Å². The molecule has 1 rings (SSSR count). The normalized spacial score (nSPS) is 11.4. The Kier molecular flexibility index (Phi) is 2.71. The Morgan fingerprint density at radius 3 is 2.29 bits per heavy atom. The van der Waals surface area contributed by atoms with E-state index in [9.17, 15) is 8.42 Å². The summed E-state index contributed by atoms with van der Waals surface area (Å²) < 4.78 is 22.7. The maximum Gasteiger partial charge on any atom is 0.177 e. The second-order valence-electron chi connectivity index (χ2n) is 3.36. The van der Waals surface area contributed by atoms with Gasteiger partial charge in [-0.15, -0.1) is 0 Å². The molecular weight excluding hydrogens is 200 g/mol. The van der Waals surface area contributed by atoms with Crippen LogP contribution in [0, 0.1) is 0 Å². The predicted octanol–water partition coefficient (Wildman–Crippen LogP) is 0.738. The molecule has 0 radical (unpaired) electrons. The van der Waals surface area contributed by atoms with E-state index < -0.39 is 9.84 Å². The molecule has 0 heterocycles. The number of para-hydroxylation sites is 1. The van der Waals surface area contributed by atoms with Crippen LogP contribution in [0.15, 0.2) is 23.1 Å². The molecule has 78 valence electrons. The van der Waals surface area contributed by atoms with E-state index in [2.05, 4.69) is 0 Å². The molecule has 0 aliphatic heterocycles. The van der Waals surface area contributed by atoms with E-state index in [1.165, 1.54) is 6.07 Å². The van der Waals surface area contributed by atoms with Gasteiger partial charge in [-0.1, -0.05) is 6.07 Å². The third-order valence-corrected chi connectivity index (χ3v) is 3.08. The fourth-order valence-corrected chi connectivity index (χ4v) is 2.08. The lowest BCUT2D eigenvalue weighted by atomic mass is 10.2. The highest BCUT2D eigenvalue weighted by molar-refractivity contribution is 7.90. The highest BCUT2D eigenvalue weighted by Crippen LogP contribution is 2.27. The lowest BCUT2D eigenvalue weighted by Gasteiger charge is -2.16. The molecular formula is C9H14N2O2S. The second-order valence-corrected chi connectivity index (χ2v) is 5.34. The number of hydrogen-bond acceptors (Lipinski definition) is 4. The molecule has 5 heteroatoms. The summed E-state index contributed by atoms with van der Waals surface area (Å²) in [5.41, 5.74) is 6.77. The number of hydrogen-bond donors (Lipinski definition) is 1. The van der Waals surface area contributed by atoms with E-state index in [0.717, 1.165) is 6.26 Å². The van der Waals surface area contributed by atoms with E-state index in [1.54, 1.807) is 17.0 Å². The van der Waals surface area contributed by atoms with Crippen molar-refractivity contribution in [3.05, 3.63) is 18.2 Å². The van der Waals surface area contributed by atoms with Crippen LogP contribution in [-0.4, -0.2) is 28.8 Å². The minimum absolute atomic E-state index is 0.184. The van der Waals surface area contributed by atoms with Crippen molar-refractivity contribution in [3.63, 3.8) is 0 Å². The second kappa shape index (κ2) is 3.49. The van der Waals surface area contributed by atoms with Crippen molar-refractivity contribution in [2.75, 3.05) is 31.0 Å². The average Bonchev–Trinajstić information content (AvgIpc) is 2.01. The summed E-state index contributed by atoms with van der Waals surface area (Å²) in [6, 6.07) is 4.98. The van der Waals surface area contributed by atoms with Crippen LogP contribution in [0.3, 0.4) is 0 Å². The fourth-order valence-electron chi connectivity index (χ4n) is 1.25. The van der Waals surface area contributed by atoms with Crippen LogP contribution in [0.1, 0.15) is 0 Å². The molecule has 0 unspecified atom stereocenters. The summed E-state index contributed by atoms with van der Waals surface area (Å²) in [6.07, 6.45) is 1.15. The van der Waals surface area contributed by atoms with Crippen LogP contribution in [0.2, 0.25) is 0 Å². The Morgan fingerprint density at radius 2 is 1.86 bits per heavy atom. The van der Waals surface area contributed by atoms with Crippen molar-refractivity contribution >= 4 is 21.2 Å². The zero-order valence-electron chi connectivity index (χ0n) is 8.48. The number of benzene rings is 1. The van der Waals surface area contributed by atoms with Gasteiger partial charge in [-0.2, -0.15) is 0 Å². The van der Waals surface area contributed by atoms with Crippen LogP contribution in [-0.2, 0) is 9.84 Å². The Balaban J connectivity index is 3.43. The smallest absolute Gasteiger partial charge is 0.177 e. The number of nitrogens with zero attached hydrogens (tertiary/aromatic N) is 1. The van der Waals surface area contributed by atoms with Crippen LogP contribution < -0.4 is 10.6 Å². The summed E-state index contributed by atoms with van der Waals surface area (Å²) in [5.74, 6) is 0. The van der Waals surface area contributed by atoms with Gasteiger partial charge < -0.3 is 10.6 Å². The Morgan fingerprint density at radius 1 is 1.29 bits per heavy atom. The first-order valence-corrected chi connectivity index (χ1v) is 5.99.